The molecule has 92 valence electrons. The fourth-order valence-electron chi connectivity index (χ4n) is 1.09. The van der Waals surface area contributed by atoms with E-state index in [0.29, 0.717) is 0 Å². The largest absolute Gasteiger partial charge is 0.474 e. The standard InChI is InChI=1S/C9H10ClN3O4/c1-5(9(14)12-11)17-8-3-2-6(10)4-7(8)13(15)16/h2-5H,11H2,1H3,(H,12,14). The molecule has 0 saturated carbocycles. The van der Waals surface area contributed by atoms with Crippen LogP contribution in [0.4, 0.5) is 5.69 Å². The smallest absolute Gasteiger partial charge is 0.312 e. The lowest BCUT2D eigenvalue weighted by Crippen LogP contribution is -2.40. The minimum absolute atomic E-state index is 0.0458. The van der Waals surface area contributed by atoms with E-state index in [0.717, 1.165) is 6.07 Å². The highest BCUT2D eigenvalue weighted by Crippen LogP contribution is 2.30. The number of benzene rings is 1. The van der Waals surface area contributed by atoms with E-state index in [9.17, 15) is 14.9 Å². The third kappa shape index (κ3) is 3.30. The Labute approximate surface area is 102 Å². The summed E-state index contributed by atoms with van der Waals surface area (Å²) in [5.41, 5.74) is 1.57. The lowest BCUT2D eigenvalue weighted by molar-refractivity contribution is -0.386. The molecule has 0 aliphatic heterocycles. The van der Waals surface area contributed by atoms with Crippen LogP contribution >= 0.6 is 11.6 Å². The molecule has 0 fully saturated rings. The molecule has 1 rings (SSSR count). The van der Waals surface area contributed by atoms with Crippen molar-refractivity contribution in [1.82, 2.24) is 5.43 Å². The topological polar surface area (TPSA) is 107 Å². The number of nitro groups is 1. The molecule has 1 amide bonds. The Balaban J connectivity index is 2.98. The van der Waals surface area contributed by atoms with Crippen molar-refractivity contribution in [3.8, 4) is 5.75 Å². The van der Waals surface area contributed by atoms with Crippen molar-refractivity contribution >= 4 is 23.2 Å². The number of carbonyl (C=O) groups is 1. The van der Waals surface area contributed by atoms with Gasteiger partial charge in [-0.1, -0.05) is 11.6 Å². The monoisotopic (exact) mass is 259 g/mol. The highest BCUT2D eigenvalue weighted by molar-refractivity contribution is 6.30. The van der Waals surface area contributed by atoms with Gasteiger partial charge in [0.1, 0.15) is 0 Å². The number of carbonyl (C=O) groups excluding carboxylic acids is 1. The maximum absolute atomic E-state index is 11.1. The number of nitrogens with two attached hydrogens (primary N) is 1. The van der Waals surface area contributed by atoms with E-state index in [1.54, 1.807) is 0 Å². The molecule has 0 aliphatic rings. The molecule has 0 aliphatic carbocycles. The Morgan fingerprint density at radius 2 is 2.29 bits per heavy atom. The molecular formula is C9H10ClN3O4. The Kier molecular flexibility index (Phi) is 4.24. The van der Waals surface area contributed by atoms with Gasteiger partial charge in [-0.3, -0.25) is 20.3 Å². The van der Waals surface area contributed by atoms with Crippen LogP contribution in [0.2, 0.25) is 5.02 Å². The summed E-state index contributed by atoms with van der Waals surface area (Å²) in [6.07, 6.45) is -0.945. The molecule has 0 saturated heterocycles. The maximum atomic E-state index is 11.1. The van der Waals surface area contributed by atoms with E-state index in [1.807, 2.05) is 5.43 Å². The molecule has 7 nitrogen and oxygen atoms in total. The van der Waals surface area contributed by atoms with Gasteiger partial charge >= 0.3 is 5.69 Å². The molecule has 0 radical (unpaired) electrons. The number of hydrogen-bond acceptors (Lipinski definition) is 5. The molecule has 0 bridgehead atoms. The first kappa shape index (κ1) is 13.2. The molecule has 8 heteroatoms. The predicted molar refractivity (Wildman–Crippen MR) is 60.5 cm³/mol. The zero-order valence-electron chi connectivity index (χ0n) is 8.84. The van der Waals surface area contributed by atoms with Crippen LogP contribution in [0.15, 0.2) is 18.2 Å². The number of rotatable bonds is 4. The van der Waals surface area contributed by atoms with E-state index >= 15 is 0 Å². The number of ether oxygens (including phenoxy) is 1. The third-order valence-electron chi connectivity index (χ3n) is 1.93. The van der Waals surface area contributed by atoms with Gasteiger partial charge in [-0.25, -0.2) is 5.84 Å². The number of hydrogen-bond donors (Lipinski definition) is 2. The Bertz CT molecular complexity index is 452. The molecule has 0 aromatic heterocycles. The zero-order valence-corrected chi connectivity index (χ0v) is 9.60. The van der Waals surface area contributed by atoms with E-state index in [2.05, 4.69) is 0 Å². The SMILES string of the molecule is CC(Oc1ccc(Cl)cc1[N+](=O)[O-])C(=O)NN. The van der Waals surface area contributed by atoms with Crippen molar-refractivity contribution in [2.45, 2.75) is 13.0 Å². The lowest BCUT2D eigenvalue weighted by Gasteiger charge is -2.12. The van der Waals surface area contributed by atoms with Crippen LogP contribution in [0.3, 0.4) is 0 Å². The summed E-state index contributed by atoms with van der Waals surface area (Å²) in [6.45, 7) is 1.42. The molecule has 3 N–H and O–H groups in total. The van der Waals surface area contributed by atoms with Crippen LogP contribution < -0.4 is 16.0 Å². The molecule has 1 unspecified atom stereocenters. The molecule has 1 atom stereocenters. The van der Waals surface area contributed by atoms with Gasteiger partial charge in [-0.05, 0) is 19.1 Å². The number of halogens is 1. The molecule has 0 heterocycles. The Morgan fingerprint density at radius 1 is 1.65 bits per heavy atom. The second-order valence-electron chi connectivity index (χ2n) is 3.14. The van der Waals surface area contributed by atoms with E-state index in [1.165, 1.54) is 19.1 Å². The van der Waals surface area contributed by atoms with Crippen molar-refractivity contribution in [2.24, 2.45) is 5.84 Å². The number of nitro benzene ring substituents is 1. The third-order valence-corrected chi connectivity index (χ3v) is 2.17. The number of nitrogens with zero attached hydrogens (tertiary/aromatic N) is 1. The quantitative estimate of drug-likeness (QED) is 0.363. The van der Waals surface area contributed by atoms with Crippen LogP contribution in [0, 0.1) is 10.1 Å². The van der Waals surface area contributed by atoms with E-state index < -0.39 is 16.9 Å². The Morgan fingerprint density at radius 3 is 2.82 bits per heavy atom. The maximum Gasteiger partial charge on any atom is 0.312 e. The van der Waals surface area contributed by atoms with Crippen molar-refractivity contribution in [2.75, 3.05) is 0 Å². The zero-order chi connectivity index (χ0) is 13.0. The van der Waals surface area contributed by atoms with Crippen LogP contribution in [0.1, 0.15) is 6.92 Å². The van der Waals surface area contributed by atoms with Crippen LogP contribution in [-0.2, 0) is 4.79 Å². The van der Waals surface area contributed by atoms with Crippen molar-refractivity contribution < 1.29 is 14.5 Å². The highest BCUT2D eigenvalue weighted by atomic mass is 35.5. The van der Waals surface area contributed by atoms with Crippen LogP contribution in [0.25, 0.3) is 0 Å². The summed E-state index contributed by atoms with van der Waals surface area (Å²) >= 11 is 5.63. The summed E-state index contributed by atoms with van der Waals surface area (Å²) in [6, 6.07) is 3.89. The minimum Gasteiger partial charge on any atom is -0.474 e. The number of nitrogens with one attached hydrogen (secondary N) is 1. The minimum atomic E-state index is -0.945. The summed E-state index contributed by atoms with van der Waals surface area (Å²) < 4.78 is 5.12. The first-order chi connectivity index (χ1) is 7.95. The van der Waals surface area contributed by atoms with Crippen LogP contribution in [-0.4, -0.2) is 16.9 Å². The first-order valence-corrected chi connectivity index (χ1v) is 4.94. The number of amides is 1. The van der Waals surface area contributed by atoms with Gasteiger partial charge < -0.3 is 4.74 Å². The molecule has 1 aromatic carbocycles. The molecular weight excluding hydrogens is 250 g/mol. The number of hydrazine groups is 1. The van der Waals surface area contributed by atoms with Gasteiger partial charge in [0.2, 0.25) is 0 Å². The average Bonchev–Trinajstić information content (AvgIpc) is 2.29. The fraction of sp³-hybridized carbons (Fsp3) is 0.222. The average molecular weight is 260 g/mol. The summed E-state index contributed by atoms with van der Waals surface area (Å²) in [5, 5.41) is 10.9. The van der Waals surface area contributed by atoms with Crippen molar-refractivity contribution in [3.05, 3.63) is 33.3 Å². The predicted octanol–water partition coefficient (Wildman–Crippen LogP) is 1.01. The van der Waals surface area contributed by atoms with Crippen molar-refractivity contribution in [1.29, 1.82) is 0 Å². The van der Waals surface area contributed by atoms with Crippen LogP contribution in [0.5, 0.6) is 5.75 Å². The van der Waals surface area contributed by atoms with Gasteiger partial charge in [0.25, 0.3) is 5.91 Å². The normalized spacial score (nSPS) is 11.7. The summed E-state index contributed by atoms with van der Waals surface area (Å²) in [4.78, 5) is 21.2. The second kappa shape index (κ2) is 5.46. The second-order valence-corrected chi connectivity index (χ2v) is 3.57. The Hall–Kier alpha value is -1.86. The van der Waals surface area contributed by atoms with Crippen molar-refractivity contribution in [3.63, 3.8) is 0 Å². The van der Waals surface area contributed by atoms with Gasteiger partial charge in [-0.2, -0.15) is 0 Å². The van der Waals surface area contributed by atoms with Gasteiger partial charge in [0.15, 0.2) is 11.9 Å². The summed E-state index contributed by atoms with van der Waals surface area (Å²) in [7, 11) is 0. The summed E-state index contributed by atoms with van der Waals surface area (Å²) in [5.74, 6) is 4.28. The van der Waals surface area contributed by atoms with Gasteiger partial charge in [0.05, 0.1) is 4.92 Å². The van der Waals surface area contributed by atoms with Gasteiger partial charge in [-0.15, -0.1) is 0 Å². The molecule has 0 spiro atoms. The molecule has 1 aromatic rings. The van der Waals surface area contributed by atoms with E-state index in [-0.39, 0.29) is 16.5 Å². The van der Waals surface area contributed by atoms with Gasteiger partial charge in [0, 0.05) is 11.1 Å². The first-order valence-electron chi connectivity index (χ1n) is 4.56. The molecule has 17 heavy (non-hydrogen) atoms. The lowest BCUT2D eigenvalue weighted by atomic mass is 10.3. The fourth-order valence-corrected chi connectivity index (χ4v) is 1.26. The highest BCUT2D eigenvalue weighted by Gasteiger charge is 2.20. The van der Waals surface area contributed by atoms with E-state index in [4.69, 9.17) is 22.2 Å².